The van der Waals surface area contributed by atoms with Gasteiger partial charge in [-0.05, 0) is 24.2 Å². The fourth-order valence-corrected chi connectivity index (χ4v) is 4.61. The van der Waals surface area contributed by atoms with Crippen LogP contribution in [0.25, 0.3) is 0 Å². The van der Waals surface area contributed by atoms with Gasteiger partial charge in [0.25, 0.3) is 5.69 Å². The molecule has 0 bridgehead atoms. The van der Waals surface area contributed by atoms with E-state index in [-0.39, 0.29) is 10.7 Å². The van der Waals surface area contributed by atoms with Crippen LogP contribution in [0.2, 0.25) is 18.1 Å². The lowest BCUT2D eigenvalue weighted by Crippen LogP contribution is -2.43. The molecule has 1 saturated heterocycles. The predicted octanol–water partition coefficient (Wildman–Crippen LogP) is 4.19. The zero-order chi connectivity index (χ0) is 17.9. The van der Waals surface area contributed by atoms with Crippen molar-refractivity contribution >= 4 is 19.7 Å². The van der Waals surface area contributed by atoms with Crippen molar-refractivity contribution < 1.29 is 13.7 Å². The van der Waals surface area contributed by atoms with Gasteiger partial charge in [0.15, 0.2) is 14.1 Å². The summed E-state index contributed by atoms with van der Waals surface area (Å²) in [4.78, 5) is 12.1. The first-order valence-electron chi connectivity index (χ1n) is 8.38. The van der Waals surface area contributed by atoms with Crippen molar-refractivity contribution in [1.29, 1.82) is 0 Å². The van der Waals surface area contributed by atoms with Crippen LogP contribution in [0.4, 0.5) is 15.8 Å². The molecular weight excluding hydrogens is 327 g/mol. The Morgan fingerprint density at radius 3 is 2.33 bits per heavy atom. The molecule has 1 aliphatic heterocycles. The summed E-state index contributed by atoms with van der Waals surface area (Å²) in [6.45, 7) is 12.7. The molecule has 5 nitrogen and oxygen atoms in total. The second-order valence-electron chi connectivity index (χ2n) is 8.47. The highest BCUT2D eigenvalue weighted by atomic mass is 28.4. The van der Waals surface area contributed by atoms with E-state index in [0.717, 1.165) is 19.2 Å². The predicted molar refractivity (Wildman–Crippen MR) is 94.3 cm³/mol. The standard InChI is InChI=1S/C17H25FN2O3Si/c1-17(2,3)24(4,5)23-16-12-9-19(10-13(12)16)15-7-6-11(20(21)22)8-14(15)18/h6-8,12-13,16H,9-10H2,1-5H3/t12-,13?,16+/m0/s1. The molecule has 1 aromatic carbocycles. The van der Waals surface area contributed by atoms with Gasteiger partial charge in [0, 0.05) is 31.0 Å². The number of nitro benzene ring substituents is 1. The first-order chi connectivity index (χ1) is 11.0. The Hall–Kier alpha value is -1.47. The molecule has 3 rings (SSSR count). The van der Waals surface area contributed by atoms with E-state index in [2.05, 4.69) is 33.9 Å². The number of nitrogens with zero attached hydrogens (tertiary/aromatic N) is 2. The van der Waals surface area contributed by atoms with E-state index in [0.29, 0.717) is 23.6 Å². The Morgan fingerprint density at radius 2 is 1.88 bits per heavy atom. The van der Waals surface area contributed by atoms with Crippen LogP contribution in [0.1, 0.15) is 20.8 Å². The van der Waals surface area contributed by atoms with Crippen LogP contribution < -0.4 is 4.90 Å². The Morgan fingerprint density at radius 1 is 1.29 bits per heavy atom. The minimum absolute atomic E-state index is 0.189. The minimum Gasteiger partial charge on any atom is -0.413 e. The van der Waals surface area contributed by atoms with E-state index >= 15 is 0 Å². The van der Waals surface area contributed by atoms with E-state index in [9.17, 15) is 14.5 Å². The SMILES string of the molecule is CC(C)(C)[Si](C)(C)O[C@H]1C2CN(c3ccc([N+](=O)[O-])cc3F)C[C@@H]21. The summed E-state index contributed by atoms with van der Waals surface area (Å²) in [6.07, 6.45) is 0.295. The van der Waals surface area contributed by atoms with Crippen molar-refractivity contribution in [3.8, 4) is 0 Å². The van der Waals surface area contributed by atoms with Crippen molar-refractivity contribution in [2.24, 2.45) is 11.8 Å². The second-order valence-corrected chi connectivity index (χ2v) is 13.2. The third kappa shape index (κ3) is 2.95. The average Bonchev–Trinajstić information content (AvgIpc) is 2.90. The topological polar surface area (TPSA) is 55.6 Å². The number of anilines is 1. The number of hydrogen-bond donors (Lipinski definition) is 0. The third-order valence-corrected chi connectivity index (χ3v) is 10.3. The first kappa shape index (κ1) is 17.4. The first-order valence-corrected chi connectivity index (χ1v) is 11.3. The summed E-state index contributed by atoms with van der Waals surface area (Å²) in [5.41, 5.74) is 0.249. The van der Waals surface area contributed by atoms with Gasteiger partial charge in [0.1, 0.15) is 0 Å². The molecule has 132 valence electrons. The molecule has 0 N–H and O–H groups in total. The third-order valence-electron chi connectivity index (χ3n) is 5.84. The zero-order valence-corrected chi connectivity index (χ0v) is 15.9. The maximum absolute atomic E-state index is 14.2. The summed E-state index contributed by atoms with van der Waals surface area (Å²) in [6, 6.07) is 3.89. The van der Waals surface area contributed by atoms with Gasteiger partial charge in [-0.3, -0.25) is 10.1 Å². The molecule has 0 amide bonds. The van der Waals surface area contributed by atoms with E-state index in [1.165, 1.54) is 12.1 Å². The van der Waals surface area contributed by atoms with Crippen LogP contribution >= 0.6 is 0 Å². The van der Waals surface area contributed by atoms with Crippen molar-refractivity contribution in [2.45, 2.75) is 45.0 Å². The summed E-state index contributed by atoms with van der Waals surface area (Å²) < 4.78 is 20.6. The number of nitro groups is 1. The molecule has 24 heavy (non-hydrogen) atoms. The van der Waals surface area contributed by atoms with Crippen LogP contribution in [-0.2, 0) is 4.43 Å². The van der Waals surface area contributed by atoms with E-state index in [1.54, 1.807) is 0 Å². The van der Waals surface area contributed by atoms with Crippen LogP contribution in [0.15, 0.2) is 18.2 Å². The van der Waals surface area contributed by atoms with Gasteiger partial charge in [0.05, 0.1) is 22.8 Å². The maximum Gasteiger partial charge on any atom is 0.272 e. The molecule has 1 aromatic rings. The summed E-state index contributed by atoms with van der Waals surface area (Å²) in [5.74, 6) is 0.384. The molecule has 7 heteroatoms. The highest BCUT2D eigenvalue weighted by Crippen LogP contribution is 2.52. The molecular formula is C17H25FN2O3Si. The summed E-state index contributed by atoms with van der Waals surface area (Å²) >= 11 is 0. The number of rotatable bonds is 4. The van der Waals surface area contributed by atoms with E-state index in [1.807, 2.05) is 4.90 Å². The van der Waals surface area contributed by atoms with Crippen LogP contribution in [-0.4, -0.2) is 32.4 Å². The fourth-order valence-electron chi connectivity index (χ4n) is 3.23. The van der Waals surface area contributed by atoms with Crippen molar-refractivity contribution in [3.63, 3.8) is 0 Å². The lowest BCUT2D eigenvalue weighted by atomic mass is 10.2. The molecule has 2 fully saturated rings. The van der Waals surface area contributed by atoms with E-state index < -0.39 is 19.1 Å². The van der Waals surface area contributed by atoms with Crippen molar-refractivity contribution in [2.75, 3.05) is 18.0 Å². The summed E-state index contributed by atoms with van der Waals surface area (Å²) in [5, 5.41) is 10.9. The normalized spacial score (nSPS) is 26.4. The number of hydrogen-bond acceptors (Lipinski definition) is 4. The van der Waals surface area contributed by atoms with Gasteiger partial charge in [-0.15, -0.1) is 0 Å². The molecule has 2 aliphatic rings. The molecule has 1 aliphatic carbocycles. The number of benzene rings is 1. The maximum atomic E-state index is 14.2. The number of halogens is 1. The molecule has 0 radical (unpaired) electrons. The van der Waals surface area contributed by atoms with Crippen LogP contribution in [0.3, 0.4) is 0 Å². The van der Waals surface area contributed by atoms with E-state index in [4.69, 9.17) is 4.43 Å². The second kappa shape index (κ2) is 5.52. The average molecular weight is 352 g/mol. The highest BCUT2D eigenvalue weighted by molar-refractivity contribution is 6.74. The zero-order valence-electron chi connectivity index (χ0n) is 14.9. The highest BCUT2D eigenvalue weighted by Gasteiger charge is 2.59. The quantitative estimate of drug-likeness (QED) is 0.463. The number of non-ortho nitro benzene ring substituents is 1. The molecule has 1 unspecified atom stereocenters. The number of piperidine rings is 1. The Kier molecular flexibility index (Phi) is 3.99. The fraction of sp³-hybridized carbons (Fsp3) is 0.647. The van der Waals surface area contributed by atoms with Gasteiger partial charge in [-0.1, -0.05) is 20.8 Å². The monoisotopic (exact) mass is 352 g/mol. The molecule has 1 heterocycles. The molecule has 0 aromatic heterocycles. The lowest BCUT2D eigenvalue weighted by molar-refractivity contribution is -0.385. The van der Waals surface area contributed by atoms with Crippen molar-refractivity contribution in [3.05, 3.63) is 34.1 Å². The Labute approximate surface area is 143 Å². The van der Waals surface area contributed by atoms with Crippen LogP contribution in [0, 0.1) is 27.8 Å². The largest absolute Gasteiger partial charge is 0.413 e. The van der Waals surface area contributed by atoms with Gasteiger partial charge >= 0.3 is 0 Å². The van der Waals surface area contributed by atoms with Gasteiger partial charge in [-0.25, -0.2) is 4.39 Å². The molecule has 0 spiro atoms. The van der Waals surface area contributed by atoms with Gasteiger partial charge in [0.2, 0.25) is 0 Å². The van der Waals surface area contributed by atoms with Crippen molar-refractivity contribution in [1.82, 2.24) is 0 Å². The molecule has 1 saturated carbocycles. The lowest BCUT2D eigenvalue weighted by Gasteiger charge is -2.37. The van der Waals surface area contributed by atoms with Gasteiger partial charge < -0.3 is 9.33 Å². The minimum atomic E-state index is -1.77. The Balaban J connectivity index is 1.63. The number of fused-ring (bicyclic) bond motifs is 1. The molecule has 3 atom stereocenters. The van der Waals surface area contributed by atoms with Gasteiger partial charge in [-0.2, -0.15) is 0 Å². The van der Waals surface area contributed by atoms with Crippen LogP contribution in [0.5, 0.6) is 0 Å². The smallest absolute Gasteiger partial charge is 0.272 e. The summed E-state index contributed by atoms with van der Waals surface area (Å²) in [7, 11) is -1.77. The Bertz CT molecular complexity index is 662.